The van der Waals surface area contributed by atoms with E-state index in [1.54, 1.807) is 18.2 Å². The molecule has 38 heavy (non-hydrogen) atoms. The van der Waals surface area contributed by atoms with Gasteiger partial charge in [-0.25, -0.2) is 16.8 Å². The smallest absolute Gasteiger partial charge is 0.261 e. The van der Waals surface area contributed by atoms with Gasteiger partial charge in [-0.15, -0.1) is 0 Å². The summed E-state index contributed by atoms with van der Waals surface area (Å²) in [4.78, 5) is 13.1. The van der Waals surface area contributed by atoms with Gasteiger partial charge in [0.15, 0.2) is 0 Å². The SMILES string of the molecule is COc1ccc(S(=O)(=O)N2CCCCCC2)cc1C(=O)Nc1ccc(S(=O)(=O)Nc2cccc(Cl)c2)cc1. The maximum Gasteiger partial charge on any atom is 0.261 e. The van der Waals surface area contributed by atoms with Crippen LogP contribution in [0.4, 0.5) is 11.4 Å². The van der Waals surface area contributed by atoms with E-state index in [-0.39, 0.29) is 21.1 Å². The average molecular weight is 578 g/mol. The van der Waals surface area contributed by atoms with Gasteiger partial charge < -0.3 is 10.1 Å². The minimum atomic E-state index is -3.89. The Balaban J connectivity index is 1.53. The van der Waals surface area contributed by atoms with Crippen molar-refractivity contribution in [3.63, 3.8) is 0 Å². The molecule has 1 fully saturated rings. The summed E-state index contributed by atoms with van der Waals surface area (Å²) in [5, 5.41) is 3.07. The molecule has 0 aromatic heterocycles. The Morgan fingerprint density at radius 1 is 0.842 bits per heavy atom. The lowest BCUT2D eigenvalue weighted by Crippen LogP contribution is -2.32. The van der Waals surface area contributed by atoms with Crippen LogP contribution in [0.15, 0.2) is 76.5 Å². The summed E-state index contributed by atoms with van der Waals surface area (Å²) in [6.45, 7) is 0.884. The Morgan fingerprint density at radius 3 is 2.13 bits per heavy atom. The van der Waals surface area contributed by atoms with Gasteiger partial charge >= 0.3 is 0 Å². The number of hydrogen-bond acceptors (Lipinski definition) is 6. The summed E-state index contributed by atoms with van der Waals surface area (Å²) in [5.74, 6) is -0.385. The van der Waals surface area contributed by atoms with E-state index < -0.39 is 26.0 Å². The molecule has 0 atom stereocenters. The third kappa shape index (κ3) is 6.47. The molecule has 1 aliphatic heterocycles. The maximum absolute atomic E-state index is 13.2. The van der Waals surface area contributed by atoms with Crippen LogP contribution in [-0.4, -0.2) is 47.2 Å². The number of benzene rings is 3. The fourth-order valence-electron chi connectivity index (χ4n) is 4.14. The highest BCUT2D eigenvalue weighted by Gasteiger charge is 2.27. The minimum absolute atomic E-state index is 0.0129. The van der Waals surface area contributed by atoms with Crippen LogP contribution in [0.3, 0.4) is 0 Å². The number of anilines is 2. The van der Waals surface area contributed by atoms with Crippen molar-refractivity contribution in [3.05, 3.63) is 77.3 Å². The number of nitrogens with zero attached hydrogens (tertiary/aromatic N) is 1. The average Bonchev–Trinajstić information content (AvgIpc) is 3.19. The van der Waals surface area contributed by atoms with Crippen LogP contribution >= 0.6 is 11.6 Å². The van der Waals surface area contributed by atoms with Gasteiger partial charge in [0, 0.05) is 23.8 Å². The molecule has 0 radical (unpaired) electrons. The first-order valence-corrected chi connectivity index (χ1v) is 15.3. The van der Waals surface area contributed by atoms with Crippen molar-refractivity contribution >= 4 is 48.9 Å². The number of nitrogens with one attached hydrogen (secondary N) is 2. The van der Waals surface area contributed by atoms with E-state index in [0.717, 1.165) is 25.7 Å². The van der Waals surface area contributed by atoms with Crippen LogP contribution in [-0.2, 0) is 20.0 Å². The van der Waals surface area contributed by atoms with Gasteiger partial charge in [-0.3, -0.25) is 9.52 Å². The number of carbonyl (C=O) groups excluding carboxylic acids is 1. The van der Waals surface area contributed by atoms with Crippen LogP contribution in [0.25, 0.3) is 0 Å². The predicted octanol–water partition coefficient (Wildman–Crippen LogP) is 4.97. The summed E-state index contributed by atoms with van der Waals surface area (Å²) in [7, 11) is -6.27. The topological polar surface area (TPSA) is 122 Å². The van der Waals surface area contributed by atoms with E-state index in [1.165, 1.54) is 59.9 Å². The first kappa shape index (κ1) is 27.9. The summed E-state index contributed by atoms with van der Waals surface area (Å²) in [6, 6.07) is 16.1. The van der Waals surface area contributed by atoms with Crippen molar-refractivity contribution < 1.29 is 26.4 Å². The standard InChI is InChI=1S/C26H28ClN3O6S2/c1-36-25-14-13-23(38(34,35)30-15-4-2-3-5-16-30)18-24(25)26(31)28-20-9-11-22(12-10-20)37(32,33)29-21-8-6-7-19(27)17-21/h6-14,17-18,29H,2-5,15-16H2,1H3,(H,28,31). The normalized spacial score (nSPS) is 14.9. The van der Waals surface area contributed by atoms with Gasteiger partial charge in [-0.05, 0) is 73.5 Å². The van der Waals surface area contributed by atoms with Crippen molar-refractivity contribution in [2.24, 2.45) is 0 Å². The Morgan fingerprint density at radius 2 is 1.50 bits per heavy atom. The first-order chi connectivity index (χ1) is 18.1. The van der Waals surface area contributed by atoms with Crippen LogP contribution < -0.4 is 14.8 Å². The van der Waals surface area contributed by atoms with E-state index in [9.17, 15) is 21.6 Å². The second kappa shape index (κ2) is 11.7. The number of amides is 1. The van der Waals surface area contributed by atoms with E-state index in [0.29, 0.717) is 29.5 Å². The molecule has 9 nitrogen and oxygen atoms in total. The van der Waals surface area contributed by atoms with Crippen molar-refractivity contribution in [2.45, 2.75) is 35.5 Å². The van der Waals surface area contributed by atoms with Crippen LogP contribution in [0.1, 0.15) is 36.0 Å². The number of methoxy groups -OCH3 is 1. The van der Waals surface area contributed by atoms with Gasteiger partial charge in [0.25, 0.3) is 15.9 Å². The van der Waals surface area contributed by atoms with Gasteiger partial charge in [-0.1, -0.05) is 30.5 Å². The number of ether oxygens (including phenoxy) is 1. The lowest BCUT2D eigenvalue weighted by molar-refractivity contribution is 0.102. The fourth-order valence-corrected chi connectivity index (χ4v) is 6.92. The number of sulfonamides is 2. The number of hydrogen-bond donors (Lipinski definition) is 2. The number of halogens is 1. The molecule has 0 saturated carbocycles. The summed E-state index contributed by atoms with van der Waals surface area (Å²) in [5.41, 5.74) is 0.680. The number of rotatable bonds is 8. The maximum atomic E-state index is 13.2. The second-order valence-electron chi connectivity index (χ2n) is 8.77. The largest absolute Gasteiger partial charge is 0.496 e. The zero-order chi connectivity index (χ0) is 27.3. The zero-order valence-electron chi connectivity index (χ0n) is 20.7. The fraction of sp³-hybridized carbons (Fsp3) is 0.269. The Hall–Kier alpha value is -3.12. The highest BCUT2D eigenvalue weighted by Crippen LogP contribution is 2.27. The van der Waals surface area contributed by atoms with Crippen LogP contribution in [0, 0.1) is 0 Å². The van der Waals surface area contributed by atoms with Crippen LogP contribution in [0.5, 0.6) is 5.75 Å². The Labute approximate surface area is 227 Å². The van der Waals surface area contributed by atoms with Crippen molar-refractivity contribution in [1.29, 1.82) is 0 Å². The Bertz CT molecular complexity index is 1520. The molecule has 1 amide bonds. The van der Waals surface area contributed by atoms with Gasteiger partial charge in [0.2, 0.25) is 10.0 Å². The molecule has 3 aromatic carbocycles. The minimum Gasteiger partial charge on any atom is -0.496 e. The molecular formula is C26H28ClN3O6S2. The highest BCUT2D eigenvalue weighted by atomic mass is 35.5. The number of carbonyl (C=O) groups is 1. The van der Waals surface area contributed by atoms with Crippen molar-refractivity contribution in [3.8, 4) is 5.75 Å². The van der Waals surface area contributed by atoms with Crippen molar-refractivity contribution in [1.82, 2.24) is 4.31 Å². The molecule has 2 N–H and O–H groups in total. The molecule has 0 bridgehead atoms. The zero-order valence-corrected chi connectivity index (χ0v) is 23.1. The molecule has 1 heterocycles. The molecular weight excluding hydrogens is 550 g/mol. The van der Waals surface area contributed by atoms with E-state index in [2.05, 4.69) is 10.0 Å². The van der Waals surface area contributed by atoms with Gasteiger partial charge in [0.1, 0.15) is 5.75 Å². The second-order valence-corrected chi connectivity index (χ2v) is 12.8. The lowest BCUT2D eigenvalue weighted by Gasteiger charge is -2.20. The van der Waals surface area contributed by atoms with Gasteiger partial charge in [-0.2, -0.15) is 4.31 Å². The first-order valence-electron chi connectivity index (χ1n) is 12.0. The predicted molar refractivity (Wildman–Crippen MR) is 147 cm³/mol. The molecule has 202 valence electrons. The molecule has 0 spiro atoms. The molecule has 0 unspecified atom stereocenters. The lowest BCUT2D eigenvalue weighted by atomic mass is 10.2. The van der Waals surface area contributed by atoms with Crippen LogP contribution in [0.2, 0.25) is 5.02 Å². The summed E-state index contributed by atoms with van der Waals surface area (Å²) in [6.07, 6.45) is 3.56. The monoisotopic (exact) mass is 577 g/mol. The summed E-state index contributed by atoms with van der Waals surface area (Å²) < 4.78 is 61.1. The third-order valence-electron chi connectivity index (χ3n) is 6.12. The molecule has 4 rings (SSSR count). The van der Waals surface area contributed by atoms with E-state index in [1.807, 2.05) is 0 Å². The van der Waals surface area contributed by atoms with E-state index in [4.69, 9.17) is 16.3 Å². The Kier molecular flexibility index (Phi) is 8.61. The molecule has 1 saturated heterocycles. The quantitative estimate of drug-likeness (QED) is 0.390. The molecule has 0 aliphatic carbocycles. The molecule has 3 aromatic rings. The summed E-state index contributed by atoms with van der Waals surface area (Å²) >= 11 is 5.92. The van der Waals surface area contributed by atoms with Crippen molar-refractivity contribution in [2.75, 3.05) is 30.2 Å². The molecule has 1 aliphatic rings. The highest BCUT2D eigenvalue weighted by molar-refractivity contribution is 7.92. The van der Waals surface area contributed by atoms with E-state index >= 15 is 0 Å². The third-order valence-corrected chi connectivity index (χ3v) is 9.64. The molecule has 12 heteroatoms. The van der Waals surface area contributed by atoms with Gasteiger partial charge in [0.05, 0.1) is 28.2 Å².